The molecule has 0 fully saturated rings. The Morgan fingerprint density at radius 2 is 1.94 bits per heavy atom. The molecule has 18 heavy (non-hydrogen) atoms. The SMILES string of the molecule is Cc1c(C#N)nnc2c(-c3ccccc3)cnn12. The van der Waals surface area contributed by atoms with E-state index < -0.39 is 0 Å². The molecule has 0 aliphatic rings. The summed E-state index contributed by atoms with van der Waals surface area (Å²) in [6.45, 7) is 1.81. The molecule has 0 atom stereocenters. The summed E-state index contributed by atoms with van der Waals surface area (Å²) >= 11 is 0. The van der Waals surface area contributed by atoms with Crippen LogP contribution >= 0.6 is 0 Å². The average molecular weight is 235 g/mol. The van der Waals surface area contributed by atoms with E-state index in [2.05, 4.69) is 15.3 Å². The maximum Gasteiger partial charge on any atom is 0.185 e. The van der Waals surface area contributed by atoms with Crippen LogP contribution in [0.25, 0.3) is 16.8 Å². The van der Waals surface area contributed by atoms with Crippen LogP contribution in [0.1, 0.15) is 11.4 Å². The van der Waals surface area contributed by atoms with Crippen molar-refractivity contribution >= 4 is 5.65 Å². The van der Waals surface area contributed by atoms with Crippen molar-refractivity contribution < 1.29 is 0 Å². The summed E-state index contributed by atoms with van der Waals surface area (Å²) in [5, 5.41) is 21.2. The summed E-state index contributed by atoms with van der Waals surface area (Å²) in [7, 11) is 0. The molecule has 0 saturated carbocycles. The summed E-state index contributed by atoms with van der Waals surface area (Å²) < 4.78 is 1.65. The molecule has 5 nitrogen and oxygen atoms in total. The molecule has 3 aromatic rings. The van der Waals surface area contributed by atoms with Crippen LogP contribution < -0.4 is 0 Å². The third-order valence-corrected chi connectivity index (χ3v) is 2.84. The molecule has 5 heteroatoms. The number of aromatic nitrogens is 4. The summed E-state index contributed by atoms with van der Waals surface area (Å²) in [5.74, 6) is 0. The quantitative estimate of drug-likeness (QED) is 0.646. The van der Waals surface area contributed by atoms with Crippen LogP contribution in [-0.2, 0) is 0 Å². The van der Waals surface area contributed by atoms with Gasteiger partial charge in [0, 0.05) is 5.56 Å². The van der Waals surface area contributed by atoms with Gasteiger partial charge in [-0.25, -0.2) is 4.52 Å². The van der Waals surface area contributed by atoms with Crippen molar-refractivity contribution in [3.8, 4) is 17.2 Å². The van der Waals surface area contributed by atoms with Crippen molar-refractivity contribution in [1.29, 1.82) is 5.26 Å². The molecule has 2 aromatic heterocycles. The highest BCUT2D eigenvalue weighted by Crippen LogP contribution is 2.23. The van der Waals surface area contributed by atoms with Gasteiger partial charge in [-0.3, -0.25) is 0 Å². The molecule has 3 rings (SSSR count). The van der Waals surface area contributed by atoms with E-state index in [0.29, 0.717) is 17.0 Å². The lowest BCUT2D eigenvalue weighted by Gasteiger charge is -2.00. The maximum absolute atomic E-state index is 8.91. The molecular formula is C13H9N5. The second kappa shape index (κ2) is 3.93. The molecule has 0 radical (unpaired) electrons. The van der Waals surface area contributed by atoms with Gasteiger partial charge in [0.2, 0.25) is 0 Å². The number of aryl methyl sites for hydroxylation is 1. The van der Waals surface area contributed by atoms with E-state index in [9.17, 15) is 0 Å². The summed E-state index contributed by atoms with van der Waals surface area (Å²) in [5.41, 5.74) is 3.61. The molecule has 0 spiro atoms. The Balaban J connectivity index is 2.29. The minimum absolute atomic E-state index is 0.296. The number of hydrogen-bond acceptors (Lipinski definition) is 4. The first-order chi connectivity index (χ1) is 8.81. The third-order valence-electron chi connectivity index (χ3n) is 2.84. The van der Waals surface area contributed by atoms with Crippen molar-refractivity contribution in [2.45, 2.75) is 6.92 Å². The molecule has 0 aliphatic carbocycles. The monoisotopic (exact) mass is 235 g/mol. The summed E-state index contributed by atoms with van der Waals surface area (Å²) in [6, 6.07) is 11.9. The molecule has 0 bridgehead atoms. The fourth-order valence-electron chi connectivity index (χ4n) is 1.88. The molecule has 0 N–H and O–H groups in total. The highest BCUT2D eigenvalue weighted by molar-refractivity contribution is 5.76. The van der Waals surface area contributed by atoms with Gasteiger partial charge >= 0.3 is 0 Å². The Morgan fingerprint density at radius 1 is 1.17 bits per heavy atom. The number of hydrogen-bond donors (Lipinski definition) is 0. The molecule has 86 valence electrons. The molecular weight excluding hydrogens is 226 g/mol. The Morgan fingerprint density at radius 3 is 2.67 bits per heavy atom. The smallest absolute Gasteiger partial charge is 0.185 e. The van der Waals surface area contributed by atoms with E-state index in [1.54, 1.807) is 10.7 Å². The number of nitriles is 1. The van der Waals surface area contributed by atoms with Crippen LogP contribution in [0.2, 0.25) is 0 Å². The van der Waals surface area contributed by atoms with Gasteiger partial charge in [0.15, 0.2) is 11.3 Å². The molecule has 0 amide bonds. The average Bonchev–Trinajstić information content (AvgIpc) is 2.85. The molecule has 0 unspecified atom stereocenters. The highest BCUT2D eigenvalue weighted by Gasteiger charge is 2.12. The van der Waals surface area contributed by atoms with Crippen molar-refractivity contribution in [1.82, 2.24) is 19.8 Å². The van der Waals surface area contributed by atoms with Crippen LogP contribution in [0.15, 0.2) is 36.5 Å². The van der Waals surface area contributed by atoms with E-state index in [0.717, 1.165) is 11.1 Å². The van der Waals surface area contributed by atoms with E-state index in [-0.39, 0.29) is 0 Å². The third kappa shape index (κ3) is 1.44. The standard InChI is InChI=1S/C13H9N5/c1-9-12(7-14)16-17-13-11(8-15-18(9)13)10-5-3-2-4-6-10/h2-6,8H,1H3. The zero-order chi connectivity index (χ0) is 12.5. The van der Waals surface area contributed by atoms with Gasteiger partial charge in [0.25, 0.3) is 0 Å². The van der Waals surface area contributed by atoms with Gasteiger partial charge in [0.1, 0.15) is 6.07 Å². The number of fused-ring (bicyclic) bond motifs is 1. The summed E-state index contributed by atoms with van der Waals surface area (Å²) in [4.78, 5) is 0. The second-order valence-corrected chi connectivity index (χ2v) is 3.91. The van der Waals surface area contributed by atoms with Crippen molar-refractivity contribution in [2.75, 3.05) is 0 Å². The zero-order valence-electron chi connectivity index (χ0n) is 9.70. The lowest BCUT2D eigenvalue weighted by molar-refractivity contribution is 0.839. The van der Waals surface area contributed by atoms with Gasteiger partial charge in [-0.15, -0.1) is 10.2 Å². The van der Waals surface area contributed by atoms with Crippen LogP contribution in [0.4, 0.5) is 0 Å². The van der Waals surface area contributed by atoms with Crippen LogP contribution in [0.5, 0.6) is 0 Å². The largest absolute Gasteiger partial charge is 0.214 e. The fraction of sp³-hybridized carbons (Fsp3) is 0.0769. The Hall–Kier alpha value is -2.74. The lowest BCUT2D eigenvalue weighted by Crippen LogP contribution is -2.02. The Kier molecular flexibility index (Phi) is 2.27. The van der Waals surface area contributed by atoms with Gasteiger partial charge < -0.3 is 0 Å². The van der Waals surface area contributed by atoms with E-state index >= 15 is 0 Å². The molecule has 2 heterocycles. The highest BCUT2D eigenvalue weighted by atomic mass is 15.3. The predicted molar refractivity (Wildman–Crippen MR) is 65.7 cm³/mol. The summed E-state index contributed by atoms with van der Waals surface area (Å²) in [6.07, 6.45) is 1.74. The van der Waals surface area contributed by atoms with Crippen LogP contribution in [0, 0.1) is 18.3 Å². The first-order valence-corrected chi connectivity index (χ1v) is 5.48. The Labute approximate surface area is 103 Å². The van der Waals surface area contributed by atoms with Gasteiger partial charge in [-0.05, 0) is 12.5 Å². The maximum atomic E-state index is 8.91. The van der Waals surface area contributed by atoms with Gasteiger partial charge in [0.05, 0.1) is 11.9 Å². The topological polar surface area (TPSA) is 66.9 Å². The molecule has 0 aliphatic heterocycles. The minimum atomic E-state index is 0.296. The normalized spacial score (nSPS) is 10.4. The van der Waals surface area contributed by atoms with Crippen molar-refractivity contribution in [3.63, 3.8) is 0 Å². The van der Waals surface area contributed by atoms with Crippen molar-refractivity contribution in [2.24, 2.45) is 0 Å². The first kappa shape index (κ1) is 10.4. The Bertz CT molecular complexity index is 752. The van der Waals surface area contributed by atoms with Gasteiger partial charge in [-0.1, -0.05) is 30.3 Å². The lowest BCUT2D eigenvalue weighted by atomic mass is 10.1. The van der Waals surface area contributed by atoms with Gasteiger partial charge in [-0.2, -0.15) is 10.4 Å². The molecule has 0 saturated heterocycles. The first-order valence-electron chi connectivity index (χ1n) is 5.48. The van der Waals surface area contributed by atoms with E-state index in [1.807, 2.05) is 43.3 Å². The minimum Gasteiger partial charge on any atom is -0.214 e. The van der Waals surface area contributed by atoms with E-state index in [4.69, 9.17) is 5.26 Å². The van der Waals surface area contributed by atoms with E-state index in [1.165, 1.54) is 0 Å². The zero-order valence-corrected chi connectivity index (χ0v) is 9.70. The van der Waals surface area contributed by atoms with Crippen LogP contribution in [-0.4, -0.2) is 19.8 Å². The number of nitrogens with zero attached hydrogens (tertiary/aromatic N) is 5. The molecule has 1 aromatic carbocycles. The van der Waals surface area contributed by atoms with Crippen LogP contribution in [0.3, 0.4) is 0 Å². The predicted octanol–water partition coefficient (Wildman–Crippen LogP) is 1.97. The number of benzene rings is 1. The fourth-order valence-corrected chi connectivity index (χ4v) is 1.88. The number of rotatable bonds is 1. The second-order valence-electron chi connectivity index (χ2n) is 3.91. The van der Waals surface area contributed by atoms with Crippen molar-refractivity contribution in [3.05, 3.63) is 47.9 Å².